The van der Waals surface area contributed by atoms with Crippen LogP contribution >= 0.6 is 24.0 Å². The van der Waals surface area contributed by atoms with Gasteiger partial charge < -0.3 is 20.3 Å². The predicted octanol–water partition coefficient (Wildman–Crippen LogP) is 3.02. The van der Waals surface area contributed by atoms with E-state index in [0.29, 0.717) is 25.4 Å². The van der Waals surface area contributed by atoms with Crippen LogP contribution in [0.15, 0.2) is 29.3 Å². The van der Waals surface area contributed by atoms with Crippen molar-refractivity contribution in [2.45, 2.75) is 39.7 Å². The van der Waals surface area contributed by atoms with E-state index in [9.17, 15) is 4.79 Å². The molecule has 1 saturated heterocycles. The Labute approximate surface area is 180 Å². The molecule has 1 atom stereocenters. The molecule has 0 spiro atoms. The van der Waals surface area contributed by atoms with Crippen molar-refractivity contribution in [2.75, 3.05) is 33.3 Å². The summed E-state index contributed by atoms with van der Waals surface area (Å²) in [5, 5.41) is 6.49. The lowest BCUT2D eigenvalue weighted by Gasteiger charge is -2.31. The molecule has 1 aliphatic heterocycles. The largest absolute Gasteiger partial charge is 0.497 e. The van der Waals surface area contributed by atoms with E-state index in [1.54, 1.807) is 7.11 Å². The van der Waals surface area contributed by atoms with Crippen LogP contribution < -0.4 is 15.4 Å². The summed E-state index contributed by atoms with van der Waals surface area (Å²) in [5.74, 6) is 2.40. The van der Waals surface area contributed by atoms with Gasteiger partial charge in [0.05, 0.1) is 13.7 Å². The third kappa shape index (κ3) is 8.36. The quantitative estimate of drug-likeness (QED) is 0.352. The fourth-order valence-electron chi connectivity index (χ4n) is 3.14. The minimum Gasteiger partial charge on any atom is -0.497 e. The number of methoxy groups -OCH3 is 1. The number of halogens is 1. The van der Waals surface area contributed by atoms with Crippen molar-refractivity contribution in [3.8, 4) is 5.75 Å². The molecule has 0 aromatic heterocycles. The van der Waals surface area contributed by atoms with Gasteiger partial charge in [0, 0.05) is 32.6 Å². The smallest absolute Gasteiger partial charge is 0.224 e. The number of aliphatic imine (C=N–C) groups is 1. The van der Waals surface area contributed by atoms with E-state index in [0.717, 1.165) is 43.3 Å². The van der Waals surface area contributed by atoms with Crippen molar-refractivity contribution in [3.05, 3.63) is 29.8 Å². The van der Waals surface area contributed by atoms with Crippen molar-refractivity contribution in [1.29, 1.82) is 0 Å². The molecule has 2 rings (SSSR count). The number of hydrogen-bond acceptors (Lipinski definition) is 3. The summed E-state index contributed by atoms with van der Waals surface area (Å²) in [6.45, 7) is 7.96. The molecular weight excluding hydrogens is 455 g/mol. The van der Waals surface area contributed by atoms with Gasteiger partial charge in [-0.15, -0.1) is 24.0 Å². The number of guanidine groups is 1. The molecule has 2 N–H and O–H groups in total. The highest BCUT2D eigenvalue weighted by molar-refractivity contribution is 14.0. The van der Waals surface area contributed by atoms with Crippen LogP contribution in [0.5, 0.6) is 5.75 Å². The number of nitrogens with one attached hydrogen (secondary N) is 2. The van der Waals surface area contributed by atoms with E-state index in [4.69, 9.17) is 4.74 Å². The van der Waals surface area contributed by atoms with Crippen molar-refractivity contribution >= 4 is 35.8 Å². The highest BCUT2D eigenvalue weighted by atomic mass is 127. The molecule has 0 aliphatic carbocycles. The van der Waals surface area contributed by atoms with Crippen LogP contribution in [0, 0.1) is 5.92 Å². The molecule has 0 saturated carbocycles. The molecule has 1 heterocycles. The van der Waals surface area contributed by atoms with E-state index < -0.39 is 0 Å². The minimum absolute atomic E-state index is 0. The Hall–Kier alpha value is -1.51. The van der Waals surface area contributed by atoms with Crippen molar-refractivity contribution < 1.29 is 9.53 Å². The van der Waals surface area contributed by atoms with Crippen LogP contribution in [0.3, 0.4) is 0 Å². The SMILES string of the molecule is CCNC(=NCc1cccc(OC)c1)NCCC(=O)N1CCCC(C)C1.I. The topological polar surface area (TPSA) is 66.0 Å². The second-order valence-corrected chi connectivity index (χ2v) is 6.81. The monoisotopic (exact) mass is 488 g/mol. The lowest BCUT2D eigenvalue weighted by molar-refractivity contribution is -0.132. The third-order valence-corrected chi connectivity index (χ3v) is 4.54. The first-order valence-electron chi connectivity index (χ1n) is 9.55. The van der Waals surface area contributed by atoms with E-state index in [-0.39, 0.29) is 29.9 Å². The summed E-state index contributed by atoms with van der Waals surface area (Å²) >= 11 is 0. The van der Waals surface area contributed by atoms with Gasteiger partial charge >= 0.3 is 0 Å². The molecule has 1 aromatic rings. The number of carbonyl (C=O) groups excluding carboxylic acids is 1. The van der Waals surface area contributed by atoms with Crippen LogP contribution in [0.1, 0.15) is 38.7 Å². The fraction of sp³-hybridized carbons (Fsp3) is 0.600. The lowest BCUT2D eigenvalue weighted by atomic mass is 10.00. The van der Waals surface area contributed by atoms with Gasteiger partial charge in [0.25, 0.3) is 0 Å². The zero-order valence-electron chi connectivity index (χ0n) is 16.7. The van der Waals surface area contributed by atoms with Gasteiger partial charge in [0.2, 0.25) is 5.91 Å². The van der Waals surface area contributed by atoms with Crippen molar-refractivity contribution in [1.82, 2.24) is 15.5 Å². The Kier molecular flexibility index (Phi) is 11.2. The minimum atomic E-state index is 0. The lowest BCUT2D eigenvalue weighted by Crippen LogP contribution is -2.42. The summed E-state index contributed by atoms with van der Waals surface area (Å²) in [5.41, 5.74) is 1.08. The van der Waals surface area contributed by atoms with Gasteiger partial charge in [0.1, 0.15) is 5.75 Å². The summed E-state index contributed by atoms with van der Waals surface area (Å²) in [6, 6.07) is 7.89. The number of rotatable bonds is 7. The maximum absolute atomic E-state index is 12.3. The zero-order valence-corrected chi connectivity index (χ0v) is 19.0. The Morgan fingerprint density at radius 2 is 2.19 bits per heavy atom. The van der Waals surface area contributed by atoms with Gasteiger partial charge in [-0.05, 0) is 43.4 Å². The molecule has 0 radical (unpaired) electrons. The number of hydrogen-bond donors (Lipinski definition) is 2. The summed E-state index contributed by atoms with van der Waals surface area (Å²) in [6.07, 6.45) is 2.84. The molecule has 7 heteroatoms. The average Bonchev–Trinajstić information content (AvgIpc) is 2.66. The molecule has 6 nitrogen and oxygen atoms in total. The van der Waals surface area contributed by atoms with Gasteiger partial charge in [0.15, 0.2) is 5.96 Å². The Morgan fingerprint density at radius 3 is 2.89 bits per heavy atom. The summed E-state index contributed by atoms with van der Waals surface area (Å²) in [4.78, 5) is 18.9. The highest BCUT2D eigenvalue weighted by Crippen LogP contribution is 2.16. The molecule has 152 valence electrons. The second-order valence-electron chi connectivity index (χ2n) is 6.81. The Morgan fingerprint density at radius 1 is 1.37 bits per heavy atom. The fourth-order valence-corrected chi connectivity index (χ4v) is 3.14. The Balaban J connectivity index is 0.00000364. The maximum atomic E-state index is 12.3. The van der Waals surface area contributed by atoms with Crippen molar-refractivity contribution in [3.63, 3.8) is 0 Å². The predicted molar refractivity (Wildman–Crippen MR) is 121 cm³/mol. The van der Waals surface area contributed by atoms with Gasteiger partial charge in [-0.3, -0.25) is 4.79 Å². The molecule has 1 amide bonds. The molecule has 1 fully saturated rings. The molecular formula is C20H33IN4O2. The van der Waals surface area contributed by atoms with E-state index in [1.807, 2.05) is 36.1 Å². The van der Waals surface area contributed by atoms with E-state index >= 15 is 0 Å². The summed E-state index contributed by atoms with van der Waals surface area (Å²) < 4.78 is 5.24. The number of benzene rings is 1. The Bertz CT molecular complexity index is 609. The first kappa shape index (κ1) is 23.5. The van der Waals surface area contributed by atoms with Crippen LogP contribution in [0.2, 0.25) is 0 Å². The molecule has 27 heavy (non-hydrogen) atoms. The number of piperidine rings is 1. The zero-order chi connectivity index (χ0) is 18.8. The first-order valence-corrected chi connectivity index (χ1v) is 9.55. The number of nitrogens with zero attached hydrogens (tertiary/aromatic N) is 2. The standard InChI is InChI=1S/C20H32N4O2.HI/c1-4-21-20(23-14-17-8-5-9-18(13-17)26-3)22-11-10-19(25)24-12-6-7-16(2)15-24;/h5,8-9,13,16H,4,6-7,10-12,14-15H2,1-3H3,(H2,21,22,23);1H. The van der Waals surface area contributed by atoms with Crippen LogP contribution in [-0.2, 0) is 11.3 Å². The van der Waals surface area contributed by atoms with Gasteiger partial charge in [-0.25, -0.2) is 4.99 Å². The number of ether oxygens (including phenoxy) is 1. The molecule has 1 aliphatic rings. The molecule has 1 aromatic carbocycles. The van der Waals surface area contributed by atoms with Crippen LogP contribution in [-0.4, -0.2) is 50.1 Å². The number of carbonyl (C=O) groups is 1. The van der Waals surface area contributed by atoms with Gasteiger partial charge in [-0.2, -0.15) is 0 Å². The van der Waals surface area contributed by atoms with Crippen molar-refractivity contribution in [2.24, 2.45) is 10.9 Å². The van der Waals surface area contributed by atoms with Gasteiger partial charge in [-0.1, -0.05) is 19.1 Å². The molecule has 0 bridgehead atoms. The average molecular weight is 488 g/mol. The van der Waals surface area contributed by atoms with E-state index in [1.165, 1.54) is 6.42 Å². The van der Waals surface area contributed by atoms with Crippen LogP contribution in [0.4, 0.5) is 0 Å². The maximum Gasteiger partial charge on any atom is 0.224 e. The molecule has 1 unspecified atom stereocenters. The highest BCUT2D eigenvalue weighted by Gasteiger charge is 2.20. The summed E-state index contributed by atoms with van der Waals surface area (Å²) in [7, 11) is 1.66. The number of amides is 1. The normalized spacial score (nSPS) is 17.1. The number of likely N-dealkylation sites (tertiary alicyclic amines) is 1. The third-order valence-electron chi connectivity index (χ3n) is 4.54. The first-order chi connectivity index (χ1) is 12.6. The van der Waals surface area contributed by atoms with E-state index in [2.05, 4.69) is 22.5 Å². The van der Waals surface area contributed by atoms with Crippen LogP contribution in [0.25, 0.3) is 0 Å². The second kappa shape index (κ2) is 12.8.